The number of rotatable bonds is 3. The second kappa shape index (κ2) is 4.48. The third-order valence-electron chi connectivity index (χ3n) is 4.97. The van der Waals surface area contributed by atoms with Gasteiger partial charge in [-0.05, 0) is 32.3 Å². The Kier molecular flexibility index (Phi) is 3.05. The lowest BCUT2D eigenvalue weighted by atomic mass is 9.64. The molecule has 0 radical (unpaired) electrons. The molecule has 1 heterocycles. The molecule has 1 aromatic rings. The molecule has 0 aliphatic heterocycles. The van der Waals surface area contributed by atoms with Crippen molar-refractivity contribution >= 4 is 5.78 Å². The molecule has 0 saturated heterocycles. The van der Waals surface area contributed by atoms with Gasteiger partial charge in [0.15, 0.2) is 5.78 Å². The van der Waals surface area contributed by atoms with Gasteiger partial charge >= 0.3 is 0 Å². The maximum atomic E-state index is 11.9. The summed E-state index contributed by atoms with van der Waals surface area (Å²) in [6, 6.07) is 2.49. The van der Waals surface area contributed by atoms with Crippen LogP contribution in [0.5, 0.6) is 0 Å². The fourth-order valence-electron chi connectivity index (χ4n) is 3.66. The van der Waals surface area contributed by atoms with Crippen LogP contribution in [0, 0.1) is 5.41 Å². The number of Topliss-reactive ketones (excluding diaryl/α,β-unsaturated/α-hetero) is 1. The summed E-state index contributed by atoms with van der Waals surface area (Å²) in [7, 11) is 0. The van der Waals surface area contributed by atoms with Crippen molar-refractivity contribution in [3.05, 3.63) is 23.5 Å². The molecule has 0 N–H and O–H groups in total. The number of ether oxygens (including phenoxy) is 1. The van der Waals surface area contributed by atoms with Gasteiger partial charge in [0, 0.05) is 41.9 Å². The summed E-state index contributed by atoms with van der Waals surface area (Å²) in [6.07, 6.45) is 6.28. The number of aromatic nitrogens is 1. The van der Waals surface area contributed by atoms with Crippen molar-refractivity contribution in [3.8, 4) is 0 Å². The van der Waals surface area contributed by atoms with Crippen LogP contribution in [0.15, 0.2) is 12.3 Å². The molecule has 2 unspecified atom stereocenters. The van der Waals surface area contributed by atoms with Crippen LogP contribution in [0.3, 0.4) is 0 Å². The van der Waals surface area contributed by atoms with E-state index in [0.29, 0.717) is 24.3 Å². The molecule has 3 heteroatoms. The molecule has 2 atom stereocenters. The Balaban J connectivity index is 1.87. The Bertz CT molecular complexity index is 501. The molecule has 104 valence electrons. The fourth-order valence-corrected chi connectivity index (χ4v) is 3.66. The first-order chi connectivity index (χ1) is 9.05. The molecular formula is C16H23NO2. The monoisotopic (exact) mass is 261 g/mol. The summed E-state index contributed by atoms with van der Waals surface area (Å²) in [5, 5.41) is 0. The molecule has 2 aliphatic rings. The number of carbonyl (C=O) groups is 1. The molecule has 0 aromatic carbocycles. The first kappa shape index (κ1) is 12.9. The molecule has 0 bridgehead atoms. The van der Waals surface area contributed by atoms with E-state index in [4.69, 9.17) is 4.74 Å². The molecule has 3 nitrogen and oxygen atoms in total. The van der Waals surface area contributed by atoms with E-state index in [1.54, 1.807) is 0 Å². The van der Waals surface area contributed by atoms with Crippen molar-refractivity contribution in [3.63, 3.8) is 0 Å². The molecule has 19 heavy (non-hydrogen) atoms. The van der Waals surface area contributed by atoms with Crippen molar-refractivity contribution < 1.29 is 9.53 Å². The molecule has 0 spiro atoms. The minimum Gasteiger partial charge on any atom is -0.378 e. The van der Waals surface area contributed by atoms with Crippen LogP contribution in [0.1, 0.15) is 62.1 Å². The highest BCUT2D eigenvalue weighted by molar-refractivity contribution is 5.98. The second-order valence-corrected chi connectivity index (χ2v) is 6.38. The van der Waals surface area contributed by atoms with E-state index in [1.165, 1.54) is 5.69 Å². The Morgan fingerprint density at radius 3 is 2.89 bits per heavy atom. The van der Waals surface area contributed by atoms with Gasteiger partial charge in [-0.25, -0.2) is 0 Å². The van der Waals surface area contributed by atoms with Crippen molar-refractivity contribution in [1.82, 2.24) is 4.57 Å². The van der Waals surface area contributed by atoms with E-state index in [0.717, 1.165) is 31.4 Å². The number of nitrogens with zero attached hydrogens (tertiary/aromatic N) is 1. The van der Waals surface area contributed by atoms with Crippen LogP contribution in [0.4, 0.5) is 0 Å². The summed E-state index contributed by atoms with van der Waals surface area (Å²) in [4.78, 5) is 11.9. The topological polar surface area (TPSA) is 31.2 Å². The van der Waals surface area contributed by atoms with Crippen LogP contribution in [0.25, 0.3) is 0 Å². The third kappa shape index (κ3) is 1.86. The van der Waals surface area contributed by atoms with Gasteiger partial charge in [-0.2, -0.15) is 0 Å². The van der Waals surface area contributed by atoms with Crippen LogP contribution in [-0.2, 0) is 11.2 Å². The van der Waals surface area contributed by atoms with Gasteiger partial charge < -0.3 is 9.30 Å². The summed E-state index contributed by atoms with van der Waals surface area (Å²) in [5.41, 5.74) is 2.37. The van der Waals surface area contributed by atoms with Crippen LogP contribution >= 0.6 is 0 Å². The zero-order valence-corrected chi connectivity index (χ0v) is 12.1. The van der Waals surface area contributed by atoms with Crippen molar-refractivity contribution in [2.24, 2.45) is 5.41 Å². The molecule has 3 rings (SSSR count). The van der Waals surface area contributed by atoms with Crippen LogP contribution in [0.2, 0.25) is 0 Å². The highest BCUT2D eigenvalue weighted by atomic mass is 16.5. The molecule has 1 fully saturated rings. The van der Waals surface area contributed by atoms with Gasteiger partial charge in [0.1, 0.15) is 0 Å². The summed E-state index contributed by atoms with van der Waals surface area (Å²) >= 11 is 0. The van der Waals surface area contributed by atoms with Gasteiger partial charge in [0.25, 0.3) is 0 Å². The van der Waals surface area contributed by atoms with E-state index in [2.05, 4.69) is 31.5 Å². The van der Waals surface area contributed by atoms with Crippen molar-refractivity contribution in [2.75, 3.05) is 6.61 Å². The maximum Gasteiger partial charge on any atom is 0.164 e. The lowest BCUT2D eigenvalue weighted by Crippen LogP contribution is -2.51. The molecule has 1 aromatic heterocycles. The SMILES string of the molecule is CCOC1CC(n2ccc3c2CCCC3=O)C1(C)C. The number of fused-ring (bicyclic) bond motifs is 1. The summed E-state index contributed by atoms with van der Waals surface area (Å²) in [6.45, 7) is 7.39. The Morgan fingerprint density at radius 1 is 1.42 bits per heavy atom. The minimum absolute atomic E-state index is 0.156. The second-order valence-electron chi connectivity index (χ2n) is 6.38. The predicted octanol–water partition coefficient (Wildman–Crippen LogP) is 3.38. The van der Waals surface area contributed by atoms with Gasteiger partial charge in [-0.1, -0.05) is 13.8 Å². The quantitative estimate of drug-likeness (QED) is 0.835. The van der Waals surface area contributed by atoms with Crippen molar-refractivity contribution in [1.29, 1.82) is 0 Å². The average molecular weight is 261 g/mol. The summed E-state index contributed by atoms with van der Waals surface area (Å²) < 4.78 is 8.16. The molecular weight excluding hydrogens is 238 g/mol. The highest BCUT2D eigenvalue weighted by Crippen LogP contribution is 2.52. The lowest BCUT2D eigenvalue weighted by Gasteiger charge is -2.52. The standard InChI is InChI=1S/C16H23NO2/c1-4-19-15-10-14(16(15,2)3)17-9-8-11-12(17)6-5-7-13(11)18/h8-9,14-15H,4-7,10H2,1-3H3. The van der Waals surface area contributed by atoms with Gasteiger partial charge in [-0.15, -0.1) is 0 Å². The largest absolute Gasteiger partial charge is 0.378 e. The first-order valence-corrected chi connectivity index (χ1v) is 7.40. The third-order valence-corrected chi connectivity index (χ3v) is 4.97. The maximum absolute atomic E-state index is 11.9. The van der Waals surface area contributed by atoms with E-state index in [9.17, 15) is 4.79 Å². The van der Waals surface area contributed by atoms with Crippen LogP contribution < -0.4 is 0 Å². The lowest BCUT2D eigenvalue weighted by molar-refractivity contribution is -0.128. The highest BCUT2D eigenvalue weighted by Gasteiger charge is 2.50. The van der Waals surface area contributed by atoms with Gasteiger partial charge in [0.2, 0.25) is 0 Å². The van der Waals surface area contributed by atoms with Crippen LogP contribution in [-0.4, -0.2) is 23.1 Å². The molecule has 0 amide bonds. The van der Waals surface area contributed by atoms with E-state index in [1.807, 2.05) is 6.07 Å². The van der Waals surface area contributed by atoms with Gasteiger partial charge in [0.05, 0.1) is 6.10 Å². The first-order valence-electron chi connectivity index (χ1n) is 7.40. The molecule has 1 saturated carbocycles. The minimum atomic E-state index is 0.156. The smallest absolute Gasteiger partial charge is 0.164 e. The number of hydrogen-bond acceptors (Lipinski definition) is 2. The summed E-state index contributed by atoms with van der Waals surface area (Å²) in [5.74, 6) is 0.318. The van der Waals surface area contributed by atoms with E-state index in [-0.39, 0.29) is 5.41 Å². The number of ketones is 1. The molecule has 2 aliphatic carbocycles. The van der Waals surface area contributed by atoms with Crippen molar-refractivity contribution in [2.45, 2.75) is 58.6 Å². The van der Waals surface area contributed by atoms with E-state index >= 15 is 0 Å². The number of carbonyl (C=O) groups excluding carboxylic acids is 1. The Morgan fingerprint density at radius 2 is 2.21 bits per heavy atom. The predicted molar refractivity (Wildman–Crippen MR) is 74.5 cm³/mol. The normalized spacial score (nSPS) is 28.9. The van der Waals surface area contributed by atoms with E-state index < -0.39 is 0 Å². The fraction of sp³-hybridized carbons (Fsp3) is 0.688. The Labute approximate surface area is 114 Å². The van der Waals surface area contributed by atoms with Gasteiger partial charge in [-0.3, -0.25) is 4.79 Å². The zero-order valence-electron chi connectivity index (χ0n) is 12.1. The number of hydrogen-bond donors (Lipinski definition) is 0. The zero-order chi connectivity index (χ0) is 13.6. The Hall–Kier alpha value is -1.09. The average Bonchev–Trinajstić information content (AvgIpc) is 2.79.